The Kier molecular flexibility index (Phi) is 6.46. The van der Waals surface area contributed by atoms with E-state index in [2.05, 4.69) is 10.6 Å². The number of halogens is 1. The van der Waals surface area contributed by atoms with Gasteiger partial charge in [0.2, 0.25) is 5.91 Å². The number of carbonyl (C=O) groups is 1. The van der Waals surface area contributed by atoms with Gasteiger partial charge >= 0.3 is 0 Å². The van der Waals surface area contributed by atoms with Crippen LogP contribution in [0.5, 0.6) is 0 Å². The Labute approximate surface area is 125 Å². The third kappa shape index (κ3) is 5.49. The van der Waals surface area contributed by atoms with Crippen LogP contribution >= 0.6 is 11.6 Å². The molecule has 0 aromatic heterocycles. The average Bonchev–Trinajstić information content (AvgIpc) is 2.38. The van der Waals surface area contributed by atoms with Crippen molar-refractivity contribution in [3.05, 3.63) is 29.3 Å². The molecule has 2 unspecified atom stereocenters. The van der Waals surface area contributed by atoms with Crippen molar-refractivity contribution in [2.45, 2.75) is 45.2 Å². The van der Waals surface area contributed by atoms with Crippen LogP contribution in [0.2, 0.25) is 5.02 Å². The van der Waals surface area contributed by atoms with Crippen LogP contribution in [0.3, 0.4) is 0 Å². The van der Waals surface area contributed by atoms with Gasteiger partial charge in [0.1, 0.15) is 0 Å². The molecule has 2 atom stereocenters. The summed E-state index contributed by atoms with van der Waals surface area (Å²) in [6.45, 7) is 5.92. The first-order valence-corrected chi connectivity index (χ1v) is 7.20. The Morgan fingerprint density at radius 2 is 2.20 bits per heavy atom. The van der Waals surface area contributed by atoms with Gasteiger partial charge in [-0.2, -0.15) is 0 Å². The van der Waals surface area contributed by atoms with Gasteiger partial charge in [0.15, 0.2) is 0 Å². The molecule has 0 aliphatic heterocycles. The zero-order valence-electron chi connectivity index (χ0n) is 12.2. The van der Waals surface area contributed by atoms with E-state index < -0.39 is 0 Å². The van der Waals surface area contributed by atoms with Crippen molar-refractivity contribution in [1.29, 1.82) is 0 Å². The minimum atomic E-state index is -0.351. The highest BCUT2D eigenvalue weighted by molar-refractivity contribution is 6.30. The molecule has 0 aliphatic rings. The Morgan fingerprint density at radius 1 is 1.50 bits per heavy atom. The lowest BCUT2D eigenvalue weighted by Crippen LogP contribution is -2.50. The van der Waals surface area contributed by atoms with Crippen LogP contribution in [0.4, 0.5) is 5.69 Å². The van der Waals surface area contributed by atoms with Crippen molar-refractivity contribution in [2.24, 2.45) is 0 Å². The maximum atomic E-state index is 11.9. The second-order valence-corrected chi connectivity index (χ2v) is 5.82. The summed E-state index contributed by atoms with van der Waals surface area (Å²) in [6, 6.07) is 7.04. The van der Waals surface area contributed by atoms with E-state index in [4.69, 9.17) is 11.6 Å². The number of hydrogen-bond donors (Lipinski definition) is 3. The van der Waals surface area contributed by atoms with Crippen LogP contribution in [-0.2, 0) is 4.79 Å². The summed E-state index contributed by atoms with van der Waals surface area (Å²) >= 11 is 5.87. The van der Waals surface area contributed by atoms with Crippen molar-refractivity contribution in [3.8, 4) is 0 Å². The molecule has 112 valence electrons. The average molecular weight is 299 g/mol. The number of aliphatic hydroxyl groups excluding tert-OH is 1. The fourth-order valence-corrected chi connectivity index (χ4v) is 2.15. The molecule has 5 heteroatoms. The first kappa shape index (κ1) is 17.0. The molecule has 0 saturated heterocycles. The maximum Gasteiger partial charge on any atom is 0.225 e. The minimum Gasteiger partial charge on any atom is -0.394 e. The molecule has 4 nitrogen and oxygen atoms in total. The largest absolute Gasteiger partial charge is 0.394 e. The number of anilines is 1. The number of nitrogens with one attached hydrogen (secondary N) is 2. The van der Waals surface area contributed by atoms with E-state index in [1.807, 2.05) is 20.8 Å². The molecule has 1 rings (SSSR count). The quantitative estimate of drug-likeness (QED) is 0.725. The van der Waals surface area contributed by atoms with Crippen molar-refractivity contribution >= 4 is 23.2 Å². The standard InChI is InChI=1S/C15H23ClN2O2/c1-4-15(3,10-19)18-11(2)8-14(20)17-13-7-5-6-12(16)9-13/h5-7,9,11,18-19H,4,8,10H2,1-3H3,(H,17,20). The number of benzene rings is 1. The van der Waals surface area contributed by atoms with E-state index in [1.165, 1.54) is 0 Å². The lowest BCUT2D eigenvalue weighted by molar-refractivity contribution is -0.116. The minimum absolute atomic E-state index is 0.0220. The lowest BCUT2D eigenvalue weighted by Gasteiger charge is -2.31. The maximum absolute atomic E-state index is 11.9. The van der Waals surface area contributed by atoms with Crippen LogP contribution in [0.1, 0.15) is 33.6 Å². The Balaban J connectivity index is 2.50. The molecule has 0 spiro atoms. The zero-order valence-corrected chi connectivity index (χ0v) is 13.0. The molecule has 3 N–H and O–H groups in total. The number of carbonyl (C=O) groups excluding carboxylic acids is 1. The predicted molar refractivity (Wildman–Crippen MR) is 83.1 cm³/mol. The van der Waals surface area contributed by atoms with E-state index in [-0.39, 0.29) is 24.1 Å². The van der Waals surface area contributed by atoms with E-state index in [0.717, 1.165) is 6.42 Å². The van der Waals surface area contributed by atoms with Crippen molar-refractivity contribution < 1.29 is 9.90 Å². The highest BCUT2D eigenvalue weighted by Gasteiger charge is 2.23. The van der Waals surface area contributed by atoms with Gasteiger partial charge in [0.25, 0.3) is 0 Å². The van der Waals surface area contributed by atoms with Gasteiger partial charge in [-0.25, -0.2) is 0 Å². The Hall–Kier alpha value is -1.10. The smallest absolute Gasteiger partial charge is 0.225 e. The number of amides is 1. The van der Waals surface area contributed by atoms with E-state index in [1.54, 1.807) is 24.3 Å². The van der Waals surface area contributed by atoms with Crippen molar-refractivity contribution in [1.82, 2.24) is 5.32 Å². The summed E-state index contributed by atoms with van der Waals surface area (Å²) in [5.41, 5.74) is 0.338. The van der Waals surface area contributed by atoms with Crippen LogP contribution in [0.15, 0.2) is 24.3 Å². The lowest BCUT2D eigenvalue weighted by atomic mass is 9.98. The number of hydrogen-bond acceptors (Lipinski definition) is 3. The molecule has 0 aliphatic carbocycles. The molecule has 0 bridgehead atoms. The number of aliphatic hydroxyl groups is 1. The summed E-state index contributed by atoms with van der Waals surface area (Å²) < 4.78 is 0. The predicted octanol–water partition coefficient (Wildman–Crippen LogP) is 2.81. The van der Waals surface area contributed by atoms with Gasteiger partial charge in [-0.15, -0.1) is 0 Å². The first-order valence-electron chi connectivity index (χ1n) is 6.82. The van der Waals surface area contributed by atoms with Gasteiger partial charge in [-0.1, -0.05) is 24.6 Å². The highest BCUT2D eigenvalue weighted by atomic mass is 35.5. The molecule has 0 radical (unpaired) electrons. The normalized spacial score (nSPS) is 15.4. The Bertz CT molecular complexity index is 447. The molecule has 20 heavy (non-hydrogen) atoms. The third-order valence-corrected chi connectivity index (χ3v) is 3.56. The molecule has 0 saturated carbocycles. The second-order valence-electron chi connectivity index (χ2n) is 5.38. The molecule has 1 aromatic rings. The summed E-state index contributed by atoms with van der Waals surface area (Å²) in [6.07, 6.45) is 1.13. The summed E-state index contributed by atoms with van der Waals surface area (Å²) in [7, 11) is 0. The van der Waals surface area contributed by atoms with E-state index >= 15 is 0 Å². The van der Waals surface area contributed by atoms with Crippen molar-refractivity contribution in [2.75, 3.05) is 11.9 Å². The van der Waals surface area contributed by atoms with Crippen LogP contribution in [0, 0.1) is 0 Å². The third-order valence-electron chi connectivity index (χ3n) is 3.32. The topological polar surface area (TPSA) is 61.4 Å². The SMILES string of the molecule is CCC(C)(CO)NC(C)CC(=O)Nc1cccc(Cl)c1. The fraction of sp³-hybridized carbons (Fsp3) is 0.533. The van der Waals surface area contributed by atoms with Crippen LogP contribution < -0.4 is 10.6 Å². The molecule has 0 heterocycles. The molecule has 0 fully saturated rings. The zero-order chi connectivity index (χ0) is 15.2. The summed E-state index contributed by atoms with van der Waals surface area (Å²) in [4.78, 5) is 11.9. The van der Waals surface area contributed by atoms with E-state index in [9.17, 15) is 9.90 Å². The van der Waals surface area contributed by atoms with Gasteiger partial charge in [-0.05, 0) is 38.5 Å². The van der Waals surface area contributed by atoms with Crippen LogP contribution in [-0.4, -0.2) is 29.2 Å². The molecular weight excluding hydrogens is 276 g/mol. The van der Waals surface area contributed by atoms with Gasteiger partial charge in [0, 0.05) is 28.7 Å². The molecular formula is C15H23ClN2O2. The monoisotopic (exact) mass is 298 g/mol. The molecule has 1 aromatic carbocycles. The van der Waals surface area contributed by atoms with Gasteiger partial charge in [0.05, 0.1) is 6.61 Å². The summed E-state index contributed by atoms with van der Waals surface area (Å²) in [5, 5.41) is 16.0. The van der Waals surface area contributed by atoms with Crippen LogP contribution in [0.25, 0.3) is 0 Å². The van der Waals surface area contributed by atoms with Crippen molar-refractivity contribution in [3.63, 3.8) is 0 Å². The Morgan fingerprint density at radius 3 is 2.75 bits per heavy atom. The molecule has 1 amide bonds. The van der Waals surface area contributed by atoms with Gasteiger partial charge < -0.3 is 15.7 Å². The van der Waals surface area contributed by atoms with E-state index in [0.29, 0.717) is 17.1 Å². The second kappa shape index (κ2) is 7.62. The highest BCUT2D eigenvalue weighted by Crippen LogP contribution is 2.15. The first-order chi connectivity index (χ1) is 9.38. The number of rotatable bonds is 7. The summed E-state index contributed by atoms with van der Waals surface area (Å²) in [5.74, 6) is -0.0799. The fourth-order valence-electron chi connectivity index (χ4n) is 1.96. The van der Waals surface area contributed by atoms with Gasteiger partial charge in [-0.3, -0.25) is 4.79 Å².